The van der Waals surface area contributed by atoms with Crippen LogP contribution in [-0.4, -0.2) is 12.8 Å². The van der Waals surface area contributed by atoms with Crippen molar-refractivity contribution in [1.29, 1.82) is 0 Å². The highest BCUT2D eigenvalue weighted by molar-refractivity contribution is 7.36. The third-order valence-corrected chi connectivity index (χ3v) is 3.07. The lowest BCUT2D eigenvalue weighted by Gasteiger charge is -2.06. The fraction of sp³-hybridized carbons (Fsp3) is 1.00. The van der Waals surface area contributed by atoms with E-state index in [1.165, 1.54) is 34.0 Å². The minimum atomic E-state index is 1.04. The molecule has 0 amide bonds. The molecule has 1 heteroatoms. The van der Waals surface area contributed by atoms with Gasteiger partial charge in [-0.15, -0.1) is 8.58 Å². The molecule has 2 atom stereocenters. The smallest absolute Gasteiger partial charge is 0.0353 e. The standard InChI is InChI=1S/C8H17P/c1-7(5-6-9-2)8-3-4-8/h7-9H,3-6H2,1-2H3. The summed E-state index contributed by atoms with van der Waals surface area (Å²) < 4.78 is 0. The van der Waals surface area contributed by atoms with E-state index in [1.807, 2.05) is 0 Å². The Morgan fingerprint density at radius 1 is 1.56 bits per heavy atom. The van der Waals surface area contributed by atoms with E-state index >= 15 is 0 Å². The molecule has 9 heavy (non-hydrogen) atoms. The van der Waals surface area contributed by atoms with Crippen LogP contribution >= 0.6 is 8.58 Å². The van der Waals surface area contributed by atoms with Gasteiger partial charge in [0.15, 0.2) is 0 Å². The van der Waals surface area contributed by atoms with Crippen LogP contribution in [0.2, 0.25) is 0 Å². The van der Waals surface area contributed by atoms with Gasteiger partial charge in [0.1, 0.15) is 0 Å². The van der Waals surface area contributed by atoms with Crippen molar-refractivity contribution < 1.29 is 0 Å². The second-order valence-electron chi connectivity index (χ2n) is 3.21. The average Bonchev–Trinajstić information content (AvgIpc) is 2.63. The predicted molar refractivity (Wildman–Crippen MR) is 45.6 cm³/mol. The second-order valence-corrected chi connectivity index (χ2v) is 4.41. The maximum atomic E-state index is 2.41. The first-order valence-corrected chi connectivity index (χ1v) is 5.70. The summed E-state index contributed by atoms with van der Waals surface area (Å²) in [6.45, 7) is 4.72. The molecule has 1 saturated carbocycles. The summed E-state index contributed by atoms with van der Waals surface area (Å²) in [4.78, 5) is 0. The Morgan fingerprint density at radius 2 is 2.22 bits per heavy atom. The molecule has 0 aromatic carbocycles. The Hall–Kier alpha value is 0.430. The summed E-state index contributed by atoms with van der Waals surface area (Å²) in [6, 6.07) is 0. The largest absolute Gasteiger partial charge is 0.125 e. The zero-order valence-electron chi connectivity index (χ0n) is 6.48. The van der Waals surface area contributed by atoms with E-state index < -0.39 is 0 Å². The molecule has 0 radical (unpaired) electrons. The molecule has 1 fully saturated rings. The molecule has 1 aliphatic carbocycles. The van der Waals surface area contributed by atoms with E-state index in [0.717, 1.165) is 11.8 Å². The van der Waals surface area contributed by atoms with Gasteiger partial charge in [0, 0.05) is 0 Å². The lowest BCUT2D eigenvalue weighted by Crippen LogP contribution is -1.97. The maximum absolute atomic E-state index is 2.41. The zero-order chi connectivity index (χ0) is 6.69. The monoisotopic (exact) mass is 144 g/mol. The summed E-state index contributed by atoms with van der Waals surface area (Å²) in [5.41, 5.74) is 0. The summed E-state index contributed by atoms with van der Waals surface area (Å²) in [7, 11) is 1.17. The summed E-state index contributed by atoms with van der Waals surface area (Å²) >= 11 is 0. The van der Waals surface area contributed by atoms with Gasteiger partial charge in [0.2, 0.25) is 0 Å². The van der Waals surface area contributed by atoms with Gasteiger partial charge < -0.3 is 0 Å². The third-order valence-electron chi connectivity index (χ3n) is 2.28. The molecule has 0 aromatic rings. The van der Waals surface area contributed by atoms with Crippen LogP contribution in [0.25, 0.3) is 0 Å². The SMILES string of the molecule is CPCCC(C)C1CC1. The van der Waals surface area contributed by atoms with Crippen LogP contribution in [0, 0.1) is 11.8 Å². The van der Waals surface area contributed by atoms with Crippen LogP contribution in [0.4, 0.5) is 0 Å². The first-order chi connectivity index (χ1) is 4.34. The van der Waals surface area contributed by atoms with E-state index in [2.05, 4.69) is 13.6 Å². The van der Waals surface area contributed by atoms with Crippen LogP contribution < -0.4 is 0 Å². The fourth-order valence-electron chi connectivity index (χ4n) is 1.27. The third kappa shape index (κ3) is 2.67. The lowest BCUT2D eigenvalue weighted by atomic mass is 10.0. The molecule has 1 rings (SSSR count). The summed E-state index contributed by atoms with van der Waals surface area (Å²) in [5, 5.41) is 0. The van der Waals surface area contributed by atoms with Gasteiger partial charge in [-0.05, 0) is 43.9 Å². The Labute approximate surface area is 60.2 Å². The van der Waals surface area contributed by atoms with Crippen molar-refractivity contribution >= 4 is 8.58 Å². The molecule has 0 heterocycles. The fourth-order valence-corrected chi connectivity index (χ4v) is 2.02. The Morgan fingerprint density at radius 3 is 2.67 bits per heavy atom. The minimum absolute atomic E-state index is 1.04. The van der Waals surface area contributed by atoms with Gasteiger partial charge >= 0.3 is 0 Å². The molecule has 1 aliphatic rings. The van der Waals surface area contributed by atoms with Crippen LogP contribution in [0.15, 0.2) is 0 Å². The first-order valence-electron chi connectivity index (χ1n) is 3.99. The van der Waals surface area contributed by atoms with Crippen molar-refractivity contribution in [2.75, 3.05) is 12.8 Å². The highest BCUT2D eigenvalue weighted by Gasteiger charge is 2.26. The molecule has 0 aromatic heterocycles. The predicted octanol–water partition coefficient (Wildman–Crippen LogP) is 2.73. The maximum Gasteiger partial charge on any atom is -0.0353 e. The van der Waals surface area contributed by atoms with E-state index in [9.17, 15) is 0 Å². The van der Waals surface area contributed by atoms with Crippen LogP contribution in [0.5, 0.6) is 0 Å². The average molecular weight is 144 g/mol. The second kappa shape index (κ2) is 3.56. The molecule has 0 nitrogen and oxygen atoms in total. The van der Waals surface area contributed by atoms with Gasteiger partial charge in [-0.1, -0.05) is 6.92 Å². The quantitative estimate of drug-likeness (QED) is 0.532. The molecule has 0 N–H and O–H groups in total. The molecule has 54 valence electrons. The van der Waals surface area contributed by atoms with E-state index in [4.69, 9.17) is 0 Å². The van der Waals surface area contributed by atoms with Crippen molar-refractivity contribution in [2.45, 2.75) is 26.2 Å². The van der Waals surface area contributed by atoms with Crippen molar-refractivity contribution in [3.8, 4) is 0 Å². The molecular weight excluding hydrogens is 127 g/mol. The highest BCUT2D eigenvalue weighted by atomic mass is 31.1. The molecule has 0 bridgehead atoms. The zero-order valence-corrected chi connectivity index (χ0v) is 7.48. The van der Waals surface area contributed by atoms with Gasteiger partial charge in [-0.3, -0.25) is 0 Å². The molecule has 2 unspecified atom stereocenters. The molecule has 0 saturated heterocycles. The normalized spacial score (nSPS) is 23.3. The number of rotatable bonds is 4. The van der Waals surface area contributed by atoms with E-state index in [1.54, 1.807) is 0 Å². The first kappa shape index (κ1) is 7.54. The molecule has 0 aliphatic heterocycles. The van der Waals surface area contributed by atoms with E-state index in [-0.39, 0.29) is 0 Å². The van der Waals surface area contributed by atoms with Crippen LogP contribution in [0.1, 0.15) is 26.2 Å². The Balaban J connectivity index is 1.96. The van der Waals surface area contributed by atoms with Crippen molar-refractivity contribution in [3.63, 3.8) is 0 Å². The van der Waals surface area contributed by atoms with Crippen molar-refractivity contribution in [2.24, 2.45) is 11.8 Å². The Kier molecular flexibility index (Phi) is 2.98. The van der Waals surface area contributed by atoms with Crippen LogP contribution in [-0.2, 0) is 0 Å². The van der Waals surface area contributed by atoms with Gasteiger partial charge in [0.05, 0.1) is 0 Å². The number of hydrogen-bond acceptors (Lipinski definition) is 0. The van der Waals surface area contributed by atoms with Gasteiger partial charge in [0.25, 0.3) is 0 Å². The molecule has 0 spiro atoms. The van der Waals surface area contributed by atoms with Gasteiger partial charge in [-0.2, -0.15) is 0 Å². The summed E-state index contributed by atoms with van der Waals surface area (Å²) in [5.74, 6) is 2.17. The number of hydrogen-bond donors (Lipinski definition) is 0. The van der Waals surface area contributed by atoms with Crippen LogP contribution in [0.3, 0.4) is 0 Å². The van der Waals surface area contributed by atoms with E-state index in [0.29, 0.717) is 0 Å². The highest BCUT2D eigenvalue weighted by Crippen LogP contribution is 2.38. The lowest BCUT2D eigenvalue weighted by molar-refractivity contribution is 0.496. The van der Waals surface area contributed by atoms with Gasteiger partial charge in [-0.25, -0.2) is 0 Å². The minimum Gasteiger partial charge on any atom is -0.125 e. The Bertz CT molecular complexity index is 76.6. The summed E-state index contributed by atoms with van der Waals surface area (Å²) in [6.07, 6.45) is 6.00. The topological polar surface area (TPSA) is 0 Å². The van der Waals surface area contributed by atoms with Crippen molar-refractivity contribution in [3.05, 3.63) is 0 Å². The molecular formula is C8H17P. The van der Waals surface area contributed by atoms with Crippen molar-refractivity contribution in [1.82, 2.24) is 0 Å².